The molecule has 0 aliphatic carbocycles. The maximum Gasteiger partial charge on any atom is 0.335 e. The first kappa shape index (κ1) is 34.8. The normalized spacial score (nSPS) is 10.4. The molecule has 2 aromatic carbocycles. The topological polar surface area (TPSA) is 107 Å². The van der Waals surface area contributed by atoms with Gasteiger partial charge in [0, 0.05) is 18.3 Å². The van der Waals surface area contributed by atoms with Gasteiger partial charge in [-0.25, -0.2) is 14.4 Å². The van der Waals surface area contributed by atoms with Gasteiger partial charge in [0.25, 0.3) is 0 Å². The van der Waals surface area contributed by atoms with E-state index in [0.29, 0.717) is 35.5 Å². The fourth-order valence-corrected chi connectivity index (χ4v) is 3.83. The molecule has 0 N–H and O–H groups in total. The van der Waals surface area contributed by atoms with Crippen molar-refractivity contribution < 1.29 is 42.8 Å². The molecule has 0 unspecified atom stereocenters. The van der Waals surface area contributed by atoms with Crippen molar-refractivity contribution in [2.45, 2.75) is 40.0 Å². The highest BCUT2D eigenvalue weighted by Crippen LogP contribution is 2.32. The van der Waals surface area contributed by atoms with Gasteiger partial charge in [-0.05, 0) is 73.6 Å². The van der Waals surface area contributed by atoms with Crippen LogP contribution in [0.4, 0.5) is 0 Å². The molecule has 0 aliphatic heterocycles. The van der Waals surface area contributed by atoms with Gasteiger partial charge in [0.2, 0.25) is 0 Å². The molecule has 9 heteroatoms. The van der Waals surface area contributed by atoms with Crippen molar-refractivity contribution in [2.24, 2.45) is 0 Å². The molecule has 0 aliphatic rings. The van der Waals surface area contributed by atoms with E-state index >= 15 is 0 Å². The highest BCUT2D eigenvalue weighted by atomic mass is 16.6. The van der Waals surface area contributed by atoms with E-state index in [9.17, 15) is 14.4 Å². The second kappa shape index (κ2) is 18.2. The molecule has 9 nitrogen and oxygen atoms in total. The predicted molar refractivity (Wildman–Crippen MR) is 164 cm³/mol. The quantitative estimate of drug-likeness (QED) is 0.0890. The Balaban J connectivity index is 2.13. The van der Waals surface area contributed by atoms with Gasteiger partial charge < -0.3 is 28.4 Å². The van der Waals surface area contributed by atoms with Crippen molar-refractivity contribution in [3.8, 4) is 22.6 Å². The van der Waals surface area contributed by atoms with Crippen LogP contribution in [0.25, 0.3) is 11.1 Å². The molecule has 0 saturated carbocycles. The highest BCUT2D eigenvalue weighted by molar-refractivity contribution is 5.88. The van der Waals surface area contributed by atoms with Crippen LogP contribution < -0.4 is 9.47 Å². The summed E-state index contributed by atoms with van der Waals surface area (Å²) in [7, 11) is 1.48. The Morgan fingerprint density at radius 3 is 1.84 bits per heavy atom. The van der Waals surface area contributed by atoms with Crippen molar-refractivity contribution in [3.63, 3.8) is 0 Å². The van der Waals surface area contributed by atoms with Crippen molar-refractivity contribution >= 4 is 17.9 Å². The lowest BCUT2D eigenvalue weighted by molar-refractivity contribution is -0.140. The van der Waals surface area contributed by atoms with Gasteiger partial charge in [-0.1, -0.05) is 44.9 Å². The lowest BCUT2D eigenvalue weighted by atomic mass is 9.98. The van der Waals surface area contributed by atoms with Crippen molar-refractivity contribution in [1.82, 2.24) is 0 Å². The molecule has 0 saturated heterocycles. The smallest absolute Gasteiger partial charge is 0.335 e. The largest absolute Gasteiger partial charge is 0.490 e. The molecular weight excluding hydrogens is 552 g/mol. The van der Waals surface area contributed by atoms with Crippen LogP contribution in [0.1, 0.15) is 38.3 Å². The van der Waals surface area contributed by atoms with Gasteiger partial charge in [-0.15, -0.1) is 0 Å². The van der Waals surface area contributed by atoms with Gasteiger partial charge in [0.15, 0.2) is 0 Å². The zero-order chi connectivity index (χ0) is 31.8. The molecule has 0 bridgehead atoms. The number of benzene rings is 2. The average Bonchev–Trinajstić information content (AvgIpc) is 2.99. The lowest BCUT2D eigenvalue weighted by Crippen LogP contribution is -2.15. The van der Waals surface area contributed by atoms with Gasteiger partial charge in [0.1, 0.15) is 37.9 Å². The van der Waals surface area contributed by atoms with Crippen LogP contribution >= 0.6 is 0 Å². The Labute approximate surface area is 254 Å². The summed E-state index contributed by atoms with van der Waals surface area (Å²) in [5.41, 5.74) is 4.73. The van der Waals surface area contributed by atoms with E-state index < -0.39 is 17.9 Å². The van der Waals surface area contributed by atoms with E-state index in [1.165, 1.54) is 7.11 Å². The molecule has 43 heavy (non-hydrogen) atoms. The SMILES string of the molecule is C=C(C)C(=O)OCCCc1ccc(-c2ccc(OCCOC(=O)C(=C)COC)c(CC)c2)cc1OCCOC(=O)C(=C)C. The number of hydrogen-bond acceptors (Lipinski definition) is 9. The van der Waals surface area contributed by atoms with Gasteiger partial charge >= 0.3 is 17.9 Å². The Kier molecular flexibility index (Phi) is 14.8. The van der Waals surface area contributed by atoms with E-state index in [0.717, 1.165) is 28.7 Å². The number of esters is 3. The van der Waals surface area contributed by atoms with Crippen LogP contribution in [-0.2, 0) is 46.2 Å². The minimum Gasteiger partial charge on any atom is -0.490 e. The summed E-state index contributed by atoms with van der Waals surface area (Å²) in [6.45, 7) is 16.9. The molecule has 0 amide bonds. The average molecular weight is 595 g/mol. The number of ether oxygens (including phenoxy) is 6. The van der Waals surface area contributed by atoms with Crippen molar-refractivity contribution in [2.75, 3.05) is 46.8 Å². The molecule has 2 aromatic rings. The summed E-state index contributed by atoms with van der Waals surface area (Å²) in [5.74, 6) is -0.0553. The van der Waals surface area contributed by atoms with Gasteiger partial charge in [0.05, 0.1) is 18.8 Å². The van der Waals surface area contributed by atoms with Crippen molar-refractivity contribution in [3.05, 3.63) is 84.0 Å². The Bertz CT molecular complexity index is 1310. The fraction of sp³-hybridized carbons (Fsp3) is 0.382. The van der Waals surface area contributed by atoms with E-state index in [1.807, 2.05) is 43.3 Å². The predicted octanol–water partition coefficient (Wildman–Crippen LogP) is 5.59. The first-order valence-electron chi connectivity index (χ1n) is 14.1. The maximum absolute atomic E-state index is 11.9. The van der Waals surface area contributed by atoms with E-state index in [1.54, 1.807) is 13.8 Å². The monoisotopic (exact) mass is 594 g/mol. The standard InChI is InChI=1S/C34H42O9/c1-8-26-20-28(13-14-30(26)39-16-19-43-34(37)25(6)22-38-7)29-12-11-27(10-9-15-41-32(35)23(2)3)31(21-29)40-17-18-42-33(36)24(4)5/h11-14,20-21H,2,4,6,8-10,15-19,22H2,1,3,5,7H3. The third-order valence-corrected chi connectivity index (χ3v) is 6.12. The number of methoxy groups -OCH3 is 1. The first-order valence-corrected chi connectivity index (χ1v) is 14.1. The van der Waals surface area contributed by atoms with Crippen molar-refractivity contribution in [1.29, 1.82) is 0 Å². The van der Waals surface area contributed by atoms with Crippen LogP contribution in [0.3, 0.4) is 0 Å². The molecule has 0 aromatic heterocycles. The zero-order valence-electron chi connectivity index (χ0n) is 25.6. The number of carbonyl (C=O) groups is 3. The molecule has 2 rings (SSSR count). The Morgan fingerprint density at radius 1 is 0.674 bits per heavy atom. The summed E-state index contributed by atoms with van der Waals surface area (Å²) in [6.07, 6.45) is 1.94. The Hall–Kier alpha value is -4.37. The molecule has 0 fully saturated rings. The number of carbonyl (C=O) groups excluding carboxylic acids is 3. The summed E-state index contributed by atoms with van der Waals surface area (Å²) in [5, 5.41) is 0. The highest BCUT2D eigenvalue weighted by Gasteiger charge is 2.13. The molecular formula is C34H42O9. The minimum absolute atomic E-state index is 0.0768. The van der Waals surface area contributed by atoms with Gasteiger partial charge in [-0.2, -0.15) is 0 Å². The summed E-state index contributed by atoms with van der Waals surface area (Å²) in [4.78, 5) is 35.3. The minimum atomic E-state index is -0.514. The summed E-state index contributed by atoms with van der Waals surface area (Å²) < 4.78 is 32.4. The summed E-state index contributed by atoms with van der Waals surface area (Å²) >= 11 is 0. The third-order valence-electron chi connectivity index (χ3n) is 6.12. The van der Waals surface area contributed by atoms with Crippen LogP contribution in [0.2, 0.25) is 0 Å². The molecule has 0 spiro atoms. The third kappa shape index (κ3) is 11.8. The number of hydrogen-bond donors (Lipinski definition) is 0. The Morgan fingerprint density at radius 2 is 1.23 bits per heavy atom. The number of rotatable bonds is 19. The molecule has 232 valence electrons. The van der Waals surface area contributed by atoms with Crippen LogP contribution in [0, 0.1) is 0 Å². The van der Waals surface area contributed by atoms with Crippen LogP contribution in [0.5, 0.6) is 11.5 Å². The van der Waals surface area contributed by atoms with Crippen LogP contribution in [0.15, 0.2) is 72.9 Å². The fourth-order valence-electron chi connectivity index (χ4n) is 3.83. The molecule has 0 atom stereocenters. The van der Waals surface area contributed by atoms with E-state index in [-0.39, 0.29) is 45.2 Å². The van der Waals surface area contributed by atoms with Gasteiger partial charge in [-0.3, -0.25) is 0 Å². The first-order chi connectivity index (χ1) is 20.6. The lowest BCUT2D eigenvalue weighted by Gasteiger charge is -2.16. The maximum atomic E-state index is 11.9. The molecule has 0 radical (unpaired) electrons. The zero-order valence-corrected chi connectivity index (χ0v) is 25.6. The summed E-state index contributed by atoms with van der Waals surface area (Å²) in [6, 6.07) is 11.8. The van der Waals surface area contributed by atoms with E-state index in [4.69, 9.17) is 28.4 Å². The second-order valence-electron chi connectivity index (χ2n) is 9.80. The second-order valence-corrected chi connectivity index (χ2v) is 9.80. The van der Waals surface area contributed by atoms with Crippen LogP contribution in [-0.4, -0.2) is 64.7 Å². The number of aryl methyl sites for hydroxylation is 2. The molecule has 0 heterocycles. The van der Waals surface area contributed by atoms with E-state index in [2.05, 4.69) is 19.7 Å².